The molecular weight excluding hydrogens is 402 g/mol. The number of aromatic nitrogens is 3. The third-order valence-electron chi connectivity index (χ3n) is 4.21. The molecule has 0 aliphatic carbocycles. The summed E-state index contributed by atoms with van der Waals surface area (Å²) in [5.41, 5.74) is 2.50. The van der Waals surface area contributed by atoms with Crippen molar-refractivity contribution in [3.05, 3.63) is 46.3 Å². The van der Waals surface area contributed by atoms with Crippen LogP contribution in [0.3, 0.4) is 0 Å². The summed E-state index contributed by atoms with van der Waals surface area (Å²) >= 11 is 9.90. The predicted molar refractivity (Wildman–Crippen MR) is 107 cm³/mol. The maximum absolute atomic E-state index is 6.36. The molecular formula is C18H21BrClN5. The Kier molecular flexibility index (Phi) is 5.93. The fourth-order valence-corrected chi connectivity index (χ4v) is 3.35. The van der Waals surface area contributed by atoms with Crippen LogP contribution in [0.15, 0.2) is 41.3 Å². The Morgan fingerprint density at radius 2 is 2.00 bits per heavy atom. The van der Waals surface area contributed by atoms with E-state index in [1.165, 1.54) is 0 Å². The molecule has 0 atom stereocenters. The Labute approximate surface area is 161 Å². The number of hydrogen-bond donors (Lipinski definition) is 1. The number of likely N-dealkylation sites (N-methyl/N-ethyl adjacent to an activating group) is 1. The quantitative estimate of drug-likeness (QED) is 0.606. The highest BCUT2D eigenvalue weighted by molar-refractivity contribution is 9.10. The van der Waals surface area contributed by atoms with Gasteiger partial charge in [0.15, 0.2) is 11.5 Å². The van der Waals surface area contributed by atoms with Gasteiger partial charge in [0, 0.05) is 24.8 Å². The van der Waals surface area contributed by atoms with E-state index in [2.05, 4.69) is 45.0 Å². The van der Waals surface area contributed by atoms with Crippen molar-refractivity contribution in [2.24, 2.45) is 0 Å². The molecule has 0 aliphatic heterocycles. The lowest BCUT2D eigenvalue weighted by Gasteiger charge is -2.18. The second kappa shape index (κ2) is 8.17. The maximum Gasteiger partial charge on any atom is 0.181 e. The Hall–Kier alpha value is -1.63. The molecule has 0 radical (unpaired) electrons. The molecule has 25 heavy (non-hydrogen) atoms. The molecule has 7 heteroatoms. The van der Waals surface area contributed by atoms with Crippen molar-refractivity contribution < 1.29 is 0 Å². The van der Waals surface area contributed by atoms with Crippen molar-refractivity contribution in [2.75, 3.05) is 31.5 Å². The summed E-state index contributed by atoms with van der Waals surface area (Å²) in [4.78, 5) is 11.6. The summed E-state index contributed by atoms with van der Waals surface area (Å²) in [5, 5.41) is 4.11. The summed E-state index contributed by atoms with van der Waals surface area (Å²) in [7, 11) is 0. The van der Waals surface area contributed by atoms with Crippen LogP contribution >= 0.6 is 27.5 Å². The van der Waals surface area contributed by atoms with Gasteiger partial charge in [0.25, 0.3) is 0 Å². The normalized spacial score (nSPS) is 11.4. The average Bonchev–Trinajstić information content (AvgIpc) is 3.00. The highest BCUT2D eigenvalue weighted by Crippen LogP contribution is 2.29. The van der Waals surface area contributed by atoms with Crippen molar-refractivity contribution in [2.45, 2.75) is 13.8 Å². The van der Waals surface area contributed by atoms with Crippen LogP contribution in [0.25, 0.3) is 16.9 Å². The molecule has 3 rings (SSSR count). The van der Waals surface area contributed by atoms with Gasteiger partial charge in [-0.05, 0) is 35.1 Å². The lowest BCUT2D eigenvalue weighted by atomic mass is 10.1. The number of fused-ring (bicyclic) bond motifs is 1. The number of halogens is 2. The largest absolute Gasteiger partial charge is 0.366 e. The van der Waals surface area contributed by atoms with Gasteiger partial charge < -0.3 is 10.2 Å². The van der Waals surface area contributed by atoms with E-state index >= 15 is 0 Å². The number of benzene rings is 1. The van der Waals surface area contributed by atoms with E-state index in [9.17, 15) is 0 Å². The van der Waals surface area contributed by atoms with Crippen LogP contribution in [0.2, 0.25) is 5.02 Å². The molecule has 132 valence electrons. The van der Waals surface area contributed by atoms with Gasteiger partial charge in [-0.1, -0.05) is 43.6 Å². The standard InChI is InChI=1S/C18H21BrClN5/c1-3-24(4-2)10-9-21-17-18-22-11-16(19)25(18)12-15(23-17)13-7-5-6-8-14(13)20/h5-8,11-12H,3-4,9-10H2,1-2H3,(H,21,23). The van der Waals surface area contributed by atoms with Gasteiger partial charge >= 0.3 is 0 Å². The molecule has 2 aromatic heterocycles. The predicted octanol–water partition coefficient (Wildman–Crippen LogP) is 4.57. The highest BCUT2D eigenvalue weighted by Gasteiger charge is 2.13. The topological polar surface area (TPSA) is 45.5 Å². The van der Waals surface area contributed by atoms with Crippen molar-refractivity contribution in [3.63, 3.8) is 0 Å². The van der Waals surface area contributed by atoms with Gasteiger partial charge in [0.1, 0.15) is 4.60 Å². The van der Waals surface area contributed by atoms with Gasteiger partial charge in [0.05, 0.1) is 16.9 Å². The smallest absolute Gasteiger partial charge is 0.181 e. The molecule has 0 amide bonds. The zero-order valence-electron chi connectivity index (χ0n) is 14.3. The first-order valence-corrected chi connectivity index (χ1v) is 9.55. The van der Waals surface area contributed by atoms with E-state index in [1.54, 1.807) is 6.20 Å². The van der Waals surface area contributed by atoms with Crippen molar-refractivity contribution >= 4 is 39.0 Å². The first-order chi connectivity index (χ1) is 12.1. The Morgan fingerprint density at radius 3 is 2.72 bits per heavy atom. The molecule has 3 aromatic rings. The fourth-order valence-electron chi connectivity index (χ4n) is 2.75. The average molecular weight is 423 g/mol. The number of nitrogens with one attached hydrogen (secondary N) is 1. The van der Waals surface area contributed by atoms with Crippen LogP contribution in [0, 0.1) is 0 Å². The summed E-state index contributed by atoms with van der Waals surface area (Å²) in [5.74, 6) is 0.760. The minimum Gasteiger partial charge on any atom is -0.366 e. The Balaban J connectivity index is 1.95. The van der Waals surface area contributed by atoms with E-state index in [0.717, 1.165) is 53.5 Å². The van der Waals surface area contributed by atoms with E-state index < -0.39 is 0 Å². The highest BCUT2D eigenvalue weighted by atomic mass is 79.9. The van der Waals surface area contributed by atoms with E-state index in [-0.39, 0.29) is 0 Å². The van der Waals surface area contributed by atoms with Crippen LogP contribution in [0.5, 0.6) is 0 Å². The van der Waals surface area contributed by atoms with E-state index in [4.69, 9.17) is 16.6 Å². The molecule has 0 aliphatic rings. The first-order valence-electron chi connectivity index (χ1n) is 8.38. The zero-order valence-corrected chi connectivity index (χ0v) is 16.7. The minimum absolute atomic E-state index is 0.680. The number of imidazole rings is 1. The van der Waals surface area contributed by atoms with Gasteiger partial charge in [-0.2, -0.15) is 0 Å². The second-order valence-corrected chi connectivity index (χ2v) is 6.90. The zero-order chi connectivity index (χ0) is 17.8. The number of nitrogens with zero attached hydrogens (tertiary/aromatic N) is 4. The lowest BCUT2D eigenvalue weighted by Crippen LogP contribution is -2.28. The van der Waals surface area contributed by atoms with Gasteiger partial charge in [-0.15, -0.1) is 0 Å². The summed E-state index contributed by atoms with van der Waals surface area (Å²) in [6, 6.07) is 7.73. The molecule has 0 bridgehead atoms. The second-order valence-electron chi connectivity index (χ2n) is 5.68. The van der Waals surface area contributed by atoms with Crippen LogP contribution in [-0.4, -0.2) is 45.4 Å². The Morgan fingerprint density at radius 1 is 1.24 bits per heavy atom. The van der Waals surface area contributed by atoms with Crippen molar-refractivity contribution in [1.29, 1.82) is 0 Å². The van der Waals surface area contributed by atoms with Crippen molar-refractivity contribution in [3.8, 4) is 11.3 Å². The molecule has 5 nitrogen and oxygen atoms in total. The SMILES string of the molecule is CCN(CC)CCNc1nc(-c2ccccc2Cl)cn2c(Br)cnc12. The van der Waals surface area contributed by atoms with Gasteiger partial charge in [-0.25, -0.2) is 9.97 Å². The summed E-state index contributed by atoms with van der Waals surface area (Å²) in [6.45, 7) is 8.18. The molecule has 2 heterocycles. The number of hydrogen-bond acceptors (Lipinski definition) is 4. The molecule has 1 N–H and O–H groups in total. The monoisotopic (exact) mass is 421 g/mol. The summed E-state index contributed by atoms with van der Waals surface area (Å²) < 4.78 is 2.86. The van der Waals surface area contributed by atoms with E-state index in [0.29, 0.717) is 5.02 Å². The van der Waals surface area contributed by atoms with Crippen LogP contribution < -0.4 is 5.32 Å². The van der Waals surface area contributed by atoms with Crippen molar-refractivity contribution in [1.82, 2.24) is 19.3 Å². The van der Waals surface area contributed by atoms with Gasteiger partial charge in [-0.3, -0.25) is 4.40 Å². The maximum atomic E-state index is 6.36. The van der Waals surface area contributed by atoms with Crippen LogP contribution in [0.1, 0.15) is 13.8 Å². The summed E-state index contributed by atoms with van der Waals surface area (Å²) in [6.07, 6.45) is 3.73. The third kappa shape index (κ3) is 3.97. The molecule has 0 fully saturated rings. The molecule has 0 spiro atoms. The van der Waals surface area contributed by atoms with Crippen LogP contribution in [-0.2, 0) is 0 Å². The molecule has 0 saturated heterocycles. The Bertz CT molecular complexity index is 860. The molecule has 1 aromatic carbocycles. The third-order valence-corrected chi connectivity index (χ3v) is 5.13. The molecule has 0 unspecified atom stereocenters. The number of anilines is 1. The fraction of sp³-hybridized carbons (Fsp3) is 0.333. The molecule has 0 saturated carbocycles. The lowest BCUT2D eigenvalue weighted by molar-refractivity contribution is 0.316. The van der Waals surface area contributed by atoms with E-state index in [1.807, 2.05) is 34.9 Å². The van der Waals surface area contributed by atoms with Gasteiger partial charge in [0.2, 0.25) is 0 Å². The first kappa shape index (κ1) is 18.2. The minimum atomic E-state index is 0.680. The number of rotatable bonds is 7. The van der Waals surface area contributed by atoms with Crippen LogP contribution in [0.4, 0.5) is 5.82 Å².